The maximum Gasteiger partial charge on any atom is 0.336 e. The molecule has 0 bridgehead atoms. The molecule has 0 amide bonds. The molecule has 12 heteroatoms. The minimum absolute atomic E-state index is 0.218. The summed E-state index contributed by atoms with van der Waals surface area (Å²) in [5.74, 6) is 0.510. The highest BCUT2D eigenvalue weighted by atomic mass is 35.5. The topological polar surface area (TPSA) is 103 Å². The summed E-state index contributed by atoms with van der Waals surface area (Å²) in [6, 6.07) is 5.55. The molecule has 1 N–H and O–H groups in total. The highest BCUT2D eigenvalue weighted by Gasteiger charge is 2.45. The number of quaternary nitrogens is 1. The molecular weight excluding hydrogens is 511 g/mol. The number of nitrogens with one attached hydrogen (secondary N) is 1. The van der Waals surface area contributed by atoms with Crippen molar-refractivity contribution in [2.75, 3.05) is 45.7 Å². The van der Waals surface area contributed by atoms with E-state index in [9.17, 15) is 9.36 Å². The maximum atomic E-state index is 13.4. The third-order valence-electron chi connectivity index (χ3n) is 6.49. The van der Waals surface area contributed by atoms with E-state index in [4.69, 9.17) is 30.4 Å². The summed E-state index contributed by atoms with van der Waals surface area (Å²) in [6.07, 6.45) is 0.230. The van der Waals surface area contributed by atoms with Crippen LogP contribution < -0.4 is 5.56 Å². The van der Waals surface area contributed by atoms with Crippen LogP contribution in [-0.4, -0.2) is 65.1 Å². The van der Waals surface area contributed by atoms with Crippen molar-refractivity contribution in [2.45, 2.75) is 33.4 Å². The van der Waals surface area contributed by atoms with Crippen LogP contribution in [0.25, 0.3) is 10.3 Å². The number of H-pyrrole nitrogens is 1. The van der Waals surface area contributed by atoms with E-state index in [1.807, 2.05) is 19.1 Å². The third kappa shape index (κ3) is 5.69. The SMILES string of the molecule is CCOP(=O)(CC[N+]1(Cc2cccc(Cl)c2C)CCOCC1c1nc2ncsc2c(=O)[nH]1)OCC. The molecular formula is C23H31ClN4O5PS+. The van der Waals surface area contributed by atoms with Gasteiger partial charge in [0.05, 0.1) is 38.0 Å². The Kier molecular flexibility index (Phi) is 8.43. The predicted octanol–water partition coefficient (Wildman–Crippen LogP) is 4.70. The van der Waals surface area contributed by atoms with E-state index in [0.29, 0.717) is 71.7 Å². The average Bonchev–Trinajstić information content (AvgIpc) is 3.31. The molecule has 0 spiro atoms. The standard InChI is InChI=1S/C23H30ClN4O5PS/c1-4-32-34(30,33-5-2)12-10-28(13-17-7-6-8-18(24)16(17)3)9-11-31-14-19(28)21-26-22-20(23(29)27-21)35-15-25-22/h6-8,15,19H,4-5,9-14H2,1-3H3/p+1. The predicted molar refractivity (Wildman–Crippen MR) is 137 cm³/mol. The number of aromatic nitrogens is 3. The number of ether oxygens (including phenoxy) is 1. The van der Waals surface area contributed by atoms with Crippen molar-refractivity contribution in [3.8, 4) is 0 Å². The number of morpholine rings is 1. The Morgan fingerprint density at radius 3 is 2.83 bits per heavy atom. The molecule has 9 nitrogen and oxygen atoms in total. The van der Waals surface area contributed by atoms with Crippen LogP contribution in [0.5, 0.6) is 0 Å². The van der Waals surface area contributed by atoms with Crippen molar-refractivity contribution in [3.05, 3.63) is 56.0 Å². The minimum Gasteiger partial charge on any atom is -0.369 e. The van der Waals surface area contributed by atoms with Gasteiger partial charge in [-0.3, -0.25) is 9.36 Å². The molecule has 0 aliphatic carbocycles. The van der Waals surface area contributed by atoms with E-state index in [1.165, 1.54) is 11.3 Å². The normalized spacial score (nSPS) is 21.0. The van der Waals surface area contributed by atoms with E-state index in [0.717, 1.165) is 11.1 Å². The molecule has 1 aliphatic rings. The van der Waals surface area contributed by atoms with Crippen LogP contribution in [0.3, 0.4) is 0 Å². The summed E-state index contributed by atoms with van der Waals surface area (Å²) < 4.78 is 31.5. The van der Waals surface area contributed by atoms with Gasteiger partial charge in [0.2, 0.25) is 0 Å². The van der Waals surface area contributed by atoms with Gasteiger partial charge in [0.1, 0.15) is 24.4 Å². The Balaban J connectivity index is 1.79. The van der Waals surface area contributed by atoms with Crippen molar-refractivity contribution < 1.29 is 22.8 Å². The second kappa shape index (κ2) is 11.2. The van der Waals surface area contributed by atoms with Crippen LogP contribution in [0.4, 0.5) is 0 Å². The number of rotatable bonds is 10. The molecule has 3 heterocycles. The Hall–Kier alpha value is -1.65. The maximum absolute atomic E-state index is 13.4. The Labute approximate surface area is 213 Å². The molecule has 1 fully saturated rings. The Bertz CT molecular complexity index is 1270. The first-order chi connectivity index (χ1) is 16.8. The largest absolute Gasteiger partial charge is 0.369 e. The van der Waals surface area contributed by atoms with Gasteiger partial charge in [-0.2, -0.15) is 0 Å². The van der Waals surface area contributed by atoms with E-state index >= 15 is 0 Å². The van der Waals surface area contributed by atoms with Crippen molar-refractivity contribution in [3.63, 3.8) is 0 Å². The van der Waals surface area contributed by atoms with Gasteiger partial charge in [0.15, 0.2) is 17.5 Å². The molecule has 35 heavy (non-hydrogen) atoms. The van der Waals surface area contributed by atoms with Crippen LogP contribution in [0.2, 0.25) is 5.02 Å². The van der Waals surface area contributed by atoms with Gasteiger partial charge in [-0.05, 0) is 32.4 Å². The van der Waals surface area contributed by atoms with Gasteiger partial charge < -0.3 is 23.3 Å². The molecule has 2 aromatic heterocycles. The fourth-order valence-electron chi connectivity index (χ4n) is 4.62. The molecule has 1 saturated heterocycles. The zero-order chi connectivity index (χ0) is 25.1. The summed E-state index contributed by atoms with van der Waals surface area (Å²) in [7, 11) is -3.30. The van der Waals surface area contributed by atoms with Crippen LogP contribution in [0, 0.1) is 6.92 Å². The first kappa shape index (κ1) is 26.4. The lowest BCUT2D eigenvalue weighted by Gasteiger charge is -2.47. The highest BCUT2D eigenvalue weighted by molar-refractivity contribution is 7.53. The summed E-state index contributed by atoms with van der Waals surface area (Å²) in [6.45, 7) is 8.79. The van der Waals surface area contributed by atoms with Gasteiger partial charge >= 0.3 is 7.60 Å². The number of halogens is 1. The zero-order valence-electron chi connectivity index (χ0n) is 20.2. The number of nitrogens with zero attached hydrogens (tertiary/aromatic N) is 3. The van der Waals surface area contributed by atoms with Gasteiger partial charge in [0, 0.05) is 10.6 Å². The number of hydrogen-bond donors (Lipinski definition) is 1. The summed E-state index contributed by atoms with van der Waals surface area (Å²) in [5, 5.41) is 0.690. The molecule has 190 valence electrons. The van der Waals surface area contributed by atoms with E-state index < -0.39 is 7.60 Å². The van der Waals surface area contributed by atoms with Crippen LogP contribution >= 0.6 is 30.5 Å². The Morgan fingerprint density at radius 2 is 2.09 bits per heavy atom. The first-order valence-corrected chi connectivity index (χ1v) is 14.7. The van der Waals surface area contributed by atoms with Crippen LogP contribution in [0.1, 0.15) is 36.8 Å². The molecule has 2 unspecified atom stereocenters. The Morgan fingerprint density at radius 1 is 1.31 bits per heavy atom. The second-order valence-electron chi connectivity index (χ2n) is 8.56. The zero-order valence-corrected chi connectivity index (χ0v) is 22.6. The number of aromatic amines is 1. The second-order valence-corrected chi connectivity index (χ2v) is 12.0. The van der Waals surface area contributed by atoms with E-state index in [2.05, 4.69) is 16.0 Å². The molecule has 0 radical (unpaired) electrons. The van der Waals surface area contributed by atoms with Crippen molar-refractivity contribution in [1.82, 2.24) is 15.0 Å². The van der Waals surface area contributed by atoms with Gasteiger partial charge in [-0.15, -0.1) is 11.3 Å². The first-order valence-electron chi connectivity index (χ1n) is 11.7. The molecule has 3 aromatic rings. The van der Waals surface area contributed by atoms with Gasteiger partial charge in [0.25, 0.3) is 5.56 Å². The van der Waals surface area contributed by atoms with Gasteiger partial charge in [-0.1, -0.05) is 23.7 Å². The van der Waals surface area contributed by atoms with Crippen LogP contribution in [-0.2, 0) is 24.9 Å². The van der Waals surface area contributed by atoms with Crippen molar-refractivity contribution in [2.24, 2.45) is 0 Å². The summed E-state index contributed by atoms with van der Waals surface area (Å²) in [5.41, 5.74) is 3.89. The number of fused-ring (bicyclic) bond motifs is 1. The molecule has 0 saturated carbocycles. The molecule has 2 atom stereocenters. The van der Waals surface area contributed by atoms with E-state index in [-0.39, 0.29) is 17.8 Å². The molecule has 1 aliphatic heterocycles. The number of benzene rings is 1. The minimum atomic E-state index is -3.30. The fourth-order valence-corrected chi connectivity index (χ4v) is 7.20. The fraction of sp³-hybridized carbons (Fsp3) is 0.522. The van der Waals surface area contributed by atoms with Gasteiger partial charge in [-0.25, -0.2) is 9.97 Å². The molecule has 1 aromatic carbocycles. The number of hydrogen-bond acceptors (Lipinski definition) is 8. The third-order valence-corrected chi connectivity index (χ3v) is 9.77. The highest BCUT2D eigenvalue weighted by Crippen LogP contribution is 2.49. The van der Waals surface area contributed by atoms with Crippen molar-refractivity contribution >= 4 is 40.9 Å². The lowest BCUT2D eigenvalue weighted by molar-refractivity contribution is -0.975. The smallest absolute Gasteiger partial charge is 0.336 e. The number of thiazole rings is 1. The quantitative estimate of drug-likeness (QED) is 0.293. The summed E-state index contributed by atoms with van der Waals surface area (Å²) >= 11 is 7.71. The lowest BCUT2D eigenvalue weighted by atomic mass is 10.0. The van der Waals surface area contributed by atoms with Crippen molar-refractivity contribution in [1.29, 1.82) is 0 Å². The van der Waals surface area contributed by atoms with E-state index in [1.54, 1.807) is 19.4 Å². The monoisotopic (exact) mass is 541 g/mol. The average molecular weight is 542 g/mol. The lowest BCUT2D eigenvalue weighted by Crippen LogP contribution is -2.58. The molecule has 4 rings (SSSR count). The van der Waals surface area contributed by atoms with Crippen LogP contribution in [0.15, 0.2) is 28.5 Å². The summed E-state index contributed by atoms with van der Waals surface area (Å²) in [4.78, 5) is 24.7.